The van der Waals surface area contributed by atoms with Crippen LogP contribution in [-0.2, 0) is 12.8 Å². The molecule has 1 aliphatic rings. The van der Waals surface area contributed by atoms with Crippen LogP contribution in [0.3, 0.4) is 0 Å². The summed E-state index contributed by atoms with van der Waals surface area (Å²) in [6.07, 6.45) is 3.04. The third-order valence-electron chi connectivity index (χ3n) is 4.50. The van der Waals surface area contributed by atoms with Crippen LogP contribution in [0.4, 0.5) is 10.7 Å². The summed E-state index contributed by atoms with van der Waals surface area (Å²) < 4.78 is 0. The third-order valence-corrected chi connectivity index (χ3v) is 5.67. The normalized spacial score (nSPS) is 16.2. The second kappa shape index (κ2) is 6.66. The number of nitrogens with one attached hydrogen (secondary N) is 1. The summed E-state index contributed by atoms with van der Waals surface area (Å²) >= 11 is 1.56. The van der Waals surface area contributed by atoms with Crippen molar-refractivity contribution in [2.45, 2.75) is 26.2 Å². The van der Waals surface area contributed by atoms with Crippen molar-refractivity contribution in [3.63, 3.8) is 0 Å². The maximum Gasteiger partial charge on any atom is 0.256 e. The van der Waals surface area contributed by atoms with Gasteiger partial charge in [-0.1, -0.05) is 6.92 Å². The number of rotatable bonds is 3. The first-order valence-corrected chi connectivity index (χ1v) is 8.94. The molecular weight excluding hydrogens is 318 g/mol. The second-order valence-corrected chi connectivity index (χ2v) is 7.67. The van der Waals surface area contributed by atoms with E-state index in [4.69, 9.17) is 0 Å². The van der Waals surface area contributed by atoms with E-state index in [0.29, 0.717) is 22.0 Å². The first kappa shape index (κ1) is 16.5. The van der Waals surface area contributed by atoms with E-state index >= 15 is 0 Å². The van der Waals surface area contributed by atoms with E-state index in [1.165, 1.54) is 4.88 Å². The highest BCUT2D eigenvalue weighted by Gasteiger charge is 2.24. The molecule has 4 nitrogen and oxygen atoms in total. The monoisotopic (exact) mass is 339 g/mol. The molecule has 0 aliphatic heterocycles. The zero-order chi connectivity index (χ0) is 17.3. The van der Waals surface area contributed by atoms with Crippen molar-refractivity contribution in [3.05, 3.63) is 45.8 Å². The lowest BCUT2D eigenvalue weighted by Gasteiger charge is -2.17. The van der Waals surface area contributed by atoms with Gasteiger partial charge >= 0.3 is 0 Å². The average molecular weight is 339 g/mol. The number of hydrogen-bond donors (Lipinski definition) is 1. The number of anilines is 2. The summed E-state index contributed by atoms with van der Waals surface area (Å²) in [7, 11) is 3.93. The van der Waals surface area contributed by atoms with Crippen molar-refractivity contribution in [3.8, 4) is 6.07 Å². The van der Waals surface area contributed by atoms with Gasteiger partial charge in [0.2, 0.25) is 0 Å². The molecule has 124 valence electrons. The molecule has 1 aromatic heterocycles. The van der Waals surface area contributed by atoms with Crippen LogP contribution in [0.25, 0.3) is 0 Å². The molecule has 1 aromatic carbocycles. The van der Waals surface area contributed by atoms with Gasteiger partial charge in [-0.3, -0.25) is 4.79 Å². The largest absolute Gasteiger partial charge is 0.378 e. The molecule has 3 rings (SSSR count). The summed E-state index contributed by atoms with van der Waals surface area (Å²) in [4.78, 5) is 15.8. The Bertz CT molecular complexity index is 799. The van der Waals surface area contributed by atoms with Crippen LogP contribution >= 0.6 is 11.3 Å². The fourth-order valence-corrected chi connectivity index (χ4v) is 4.40. The average Bonchev–Trinajstić information content (AvgIpc) is 2.90. The van der Waals surface area contributed by atoms with Crippen LogP contribution < -0.4 is 10.2 Å². The molecule has 1 heterocycles. The Labute approximate surface area is 146 Å². The van der Waals surface area contributed by atoms with Gasteiger partial charge in [-0.25, -0.2) is 0 Å². The van der Waals surface area contributed by atoms with Gasteiger partial charge in [-0.05, 0) is 55.0 Å². The minimum atomic E-state index is -0.163. The number of amides is 1. The van der Waals surface area contributed by atoms with Gasteiger partial charge in [0.1, 0.15) is 11.1 Å². The van der Waals surface area contributed by atoms with Gasteiger partial charge in [0.15, 0.2) is 0 Å². The van der Waals surface area contributed by atoms with E-state index in [1.54, 1.807) is 11.3 Å². The molecule has 0 saturated heterocycles. The number of thiophene rings is 1. The fourth-order valence-electron chi connectivity index (χ4n) is 3.04. The number of nitriles is 1. The van der Waals surface area contributed by atoms with E-state index in [1.807, 2.05) is 43.3 Å². The quantitative estimate of drug-likeness (QED) is 0.917. The van der Waals surface area contributed by atoms with Gasteiger partial charge in [0.25, 0.3) is 5.91 Å². The van der Waals surface area contributed by atoms with Gasteiger partial charge in [-0.2, -0.15) is 5.26 Å². The van der Waals surface area contributed by atoms with Crippen molar-refractivity contribution >= 4 is 27.9 Å². The van der Waals surface area contributed by atoms with Crippen LogP contribution in [-0.4, -0.2) is 20.0 Å². The molecule has 0 spiro atoms. The second-order valence-electron chi connectivity index (χ2n) is 6.56. The van der Waals surface area contributed by atoms with Gasteiger partial charge in [0, 0.05) is 30.2 Å². The molecule has 5 heteroatoms. The SMILES string of the molecule is CC1CCc2c(sc(NC(=O)c3ccc(N(C)C)cc3)c2C#N)C1. The number of carbonyl (C=O) groups excluding carboxylic acids is 1. The van der Waals surface area contributed by atoms with Crippen molar-refractivity contribution in [1.29, 1.82) is 5.26 Å². The van der Waals surface area contributed by atoms with E-state index in [0.717, 1.165) is 30.5 Å². The number of carbonyl (C=O) groups is 1. The number of nitrogens with zero attached hydrogens (tertiary/aromatic N) is 2. The fraction of sp³-hybridized carbons (Fsp3) is 0.368. The van der Waals surface area contributed by atoms with E-state index in [-0.39, 0.29) is 5.91 Å². The summed E-state index contributed by atoms with van der Waals surface area (Å²) in [6, 6.07) is 9.75. The molecule has 1 aliphatic carbocycles. The van der Waals surface area contributed by atoms with Gasteiger partial charge in [0.05, 0.1) is 5.56 Å². The van der Waals surface area contributed by atoms with Crippen LogP contribution in [0.1, 0.15) is 39.7 Å². The Morgan fingerprint density at radius 1 is 1.33 bits per heavy atom. The molecule has 0 saturated carbocycles. The van der Waals surface area contributed by atoms with Crippen molar-refractivity contribution in [2.75, 3.05) is 24.3 Å². The molecule has 1 unspecified atom stereocenters. The third kappa shape index (κ3) is 3.15. The Morgan fingerprint density at radius 3 is 2.67 bits per heavy atom. The molecule has 0 bridgehead atoms. The van der Waals surface area contributed by atoms with Crippen molar-refractivity contribution < 1.29 is 4.79 Å². The van der Waals surface area contributed by atoms with Crippen LogP contribution in [0.2, 0.25) is 0 Å². The summed E-state index contributed by atoms with van der Waals surface area (Å²) in [6.45, 7) is 2.24. The highest BCUT2D eigenvalue weighted by molar-refractivity contribution is 7.16. The number of hydrogen-bond acceptors (Lipinski definition) is 4. The van der Waals surface area contributed by atoms with Crippen LogP contribution in [0.15, 0.2) is 24.3 Å². The predicted octanol–water partition coefficient (Wildman–Crippen LogP) is 4.06. The first-order valence-electron chi connectivity index (χ1n) is 8.13. The Hall–Kier alpha value is -2.32. The Morgan fingerprint density at radius 2 is 2.04 bits per heavy atom. The maximum absolute atomic E-state index is 12.5. The molecule has 0 radical (unpaired) electrons. The molecule has 1 atom stereocenters. The molecular formula is C19H21N3OS. The first-order chi connectivity index (χ1) is 11.5. The standard InChI is InChI=1S/C19H21N3OS/c1-12-4-9-15-16(11-20)19(24-17(15)10-12)21-18(23)13-5-7-14(8-6-13)22(2)3/h5-8,12H,4,9-10H2,1-3H3,(H,21,23). The number of fused-ring (bicyclic) bond motifs is 1. The lowest BCUT2D eigenvalue weighted by molar-refractivity contribution is 0.102. The highest BCUT2D eigenvalue weighted by atomic mass is 32.1. The van der Waals surface area contributed by atoms with E-state index in [2.05, 4.69) is 18.3 Å². The minimum absolute atomic E-state index is 0.163. The molecule has 0 fully saturated rings. The Kier molecular flexibility index (Phi) is 4.59. The van der Waals surface area contributed by atoms with Crippen LogP contribution in [0.5, 0.6) is 0 Å². The van der Waals surface area contributed by atoms with E-state index in [9.17, 15) is 10.1 Å². The smallest absolute Gasteiger partial charge is 0.256 e. The molecule has 2 aromatic rings. The summed E-state index contributed by atoms with van der Waals surface area (Å²) in [5.41, 5.74) is 3.44. The van der Waals surface area contributed by atoms with Crippen molar-refractivity contribution in [1.82, 2.24) is 0 Å². The van der Waals surface area contributed by atoms with Gasteiger partial charge < -0.3 is 10.2 Å². The Balaban J connectivity index is 1.83. The zero-order valence-electron chi connectivity index (χ0n) is 14.2. The zero-order valence-corrected chi connectivity index (χ0v) is 15.0. The van der Waals surface area contributed by atoms with E-state index < -0.39 is 0 Å². The topological polar surface area (TPSA) is 56.1 Å². The minimum Gasteiger partial charge on any atom is -0.378 e. The van der Waals surface area contributed by atoms with Gasteiger partial charge in [-0.15, -0.1) is 11.3 Å². The summed E-state index contributed by atoms with van der Waals surface area (Å²) in [5, 5.41) is 13.1. The predicted molar refractivity (Wildman–Crippen MR) is 98.9 cm³/mol. The lowest BCUT2D eigenvalue weighted by atomic mass is 9.88. The van der Waals surface area contributed by atoms with Crippen LogP contribution in [0, 0.1) is 17.2 Å². The number of benzene rings is 1. The van der Waals surface area contributed by atoms with Crippen molar-refractivity contribution in [2.24, 2.45) is 5.92 Å². The summed E-state index contributed by atoms with van der Waals surface area (Å²) in [5.74, 6) is 0.480. The highest BCUT2D eigenvalue weighted by Crippen LogP contribution is 2.39. The maximum atomic E-state index is 12.5. The lowest BCUT2D eigenvalue weighted by Crippen LogP contribution is -2.13. The molecule has 24 heavy (non-hydrogen) atoms. The molecule has 1 amide bonds. The molecule has 1 N–H and O–H groups in total.